The number of piperidine rings is 1. The summed E-state index contributed by atoms with van der Waals surface area (Å²) in [6.45, 7) is 5.79. The molecule has 2 aromatic carbocycles. The maximum Gasteiger partial charge on any atom is 0.0923 e. The maximum atomic E-state index is 5.13. The predicted molar refractivity (Wildman–Crippen MR) is 116 cm³/mol. The third-order valence-corrected chi connectivity index (χ3v) is 6.14. The highest BCUT2D eigenvalue weighted by atomic mass is 15.2. The van der Waals surface area contributed by atoms with Crippen molar-refractivity contribution in [1.82, 2.24) is 19.7 Å². The molecule has 1 saturated heterocycles. The van der Waals surface area contributed by atoms with Gasteiger partial charge in [-0.3, -0.25) is 4.68 Å². The Morgan fingerprint density at radius 3 is 2.68 bits per heavy atom. The second-order valence-electron chi connectivity index (χ2n) is 7.90. The van der Waals surface area contributed by atoms with Crippen molar-refractivity contribution in [3.63, 3.8) is 0 Å². The van der Waals surface area contributed by atoms with E-state index in [1.165, 1.54) is 42.4 Å². The molecule has 3 heterocycles. The van der Waals surface area contributed by atoms with Crippen LogP contribution in [0.4, 0.5) is 0 Å². The summed E-state index contributed by atoms with van der Waals surface area (Å²) in [5, 5.41) is 6.87. The van der Waals surface area contributed by atoms with Crippen molar-refractivity contribution in [3.8, 4) is 11.3 Å². The van der Waals surface area contributed by atoms with E-state index in [4.69, 9.17) is 4.98 Å². The second kappa shape index (κ2) is 7.02. The molecule has 0 aliphatic carbocycles. The van der Waals surface area contributed by atoms with E-state index in [9.17, 15) is 0 Å². The molecule has 4 nitrogen and oxygen atoms in total. The Morgan fingerprint density at radius 1 is 1.00 bits per heavy atom. The zero-order valence-electron chi connectivity index (χ0n) is 16.6. The van der Waals surface area contributed by atoms with Crippen LogP contribution >= 0.6 is 0 Å². The molecule has 0 N–H and O–H groups in total. The van der Waals surface area contributed by atoms with Crippen LogP contribution in [0.3, 0.4) is 0 Å². The normalized spacial score (nSPS) is 16.2. The Hall–Kier alpha value is -2.72. The summed E-state index contributed by atoms with van der Waals surface area (Å²) >= 11 is 0. The van der Waals surface area contributed by atoms with Crippen LogP contribution in [0, 0.1) is 0 Å². The molecular weight excluding hydrogens is 344 g/mol. The van der Waals surface area contributed by atoms with E-state index in [0.29, 0.717) is 5.92 Å². The molecule has 0 atom stereocenters. The molecule has 0 bridgehead atoms. The summed E-state index contributed by atoms with van der Waals surface area (Å²) < 4.78 is 1.86. The number of para-hydroxylation sites is 1. The second-order valence-corrected chi connectivity index (χ2v) is 7.90. The first-order valence-corrected chi connectivity index (χ1v) is 10.3. The van der Waals surface area contributed by atoms with E-state index in [1.807, 2.05) is 11.7 Å². The van der Waals surface area contributed by atoms with Crippen LogP contribution in [0.5, 0.6) is 0 Å². The van der Waals surface area contributed by atoms with Gasteiger partial charge in [0.2, 0.25) is 0 Å². The first kappa shape index (κ1) is 17.4. The molecule has 142 valence electrons. The number of fused-ring (bicyclic) bond motifs is 2. The number of nitrogens with zero attached hydrogens (tertiary/aromatic N) is 4. The maximum absolute atomic E-state index is 5.13. The molecule has 1 aliphatic heterocycles. The lowest BCUT2D eigenvalue weighted by molar-refractivity contribution is 0.223. The zero-order valence-corrected chi connectivity index (χ0v) is 16.6. The number of rotatable bonds is 3. The average Bonchev–Trinajstić information content (AvgIpc) is 3.12. The monoisotopic (exact) mass is 370 g/mol. The van der Waals surface area contributed by atoms with Crippen molar-refractivity contribution in [2.24, 2.45) is 7.05 Å². The van der Waals surface area contributed by atoms with Crippen molar-refractivity contribution in [2.75, 3.05) is 19.6 Å². The van der Waals surface area contributed by atoms with Crippen molar-refractivity contribution in [1.29, 1.82) is 0 Å². The Labute approximate surface area is 165 Å². The fourth-order valence-corrected chi connectivity index (χ4v) is 4.53. The molecule has 0 amide bonds. The van der Waals surface area contributed by atoms with Gasteiger partial charge in [-0.15, -0.1) is 0 Å². The van der Waals surface area contributed by atoms with Gasteiger partial charge in [0.25, 0.3) is 0 Å². The molecule has 0 saturated carbocycles. The number of benzene rings is 2. The molecule has 0 unspecified atom stereocenters. The highest BCUT2D eigenvalue weighted by Gasteiger charge is 2.21. The average molecular weight is 371 g/mol. The summed E-state index contributed by atoms with van der Waals surface area (Å²) in [5.74, 6) is 0.607. The van der Waals surface area contributed by atoms with Gasteiger partial charge in [0, 0.05) is 29.6 Å². The Morgan fingerprint density at radius 2 is 1.86 bits per heavy atom. The molecule has 4 aromatic rings. The van der Waals surface area contributed by atoms with Crippen LogP contribution < -0.4 is 0 Å². The Kier molecular flexibility index (Phi) is 4.36. The van der Waals surface area contributed by atoms with Crippen LogP contribution in [-0.4, -0.2) is 39.3 Å². The summed E-state index contributed by atoms with van der Waals surface area (Å²) in [6, 6.07) is 17.4. The zero-order chi connectivity index (χ0) is 19.1. The first-order valence-electron chi connectivity index (χ1n) is 10.3. The number of aryl methyl sites for hydroxylation is 1. The van der Waals surface area contributed by atoms with Crippen molar-refractivity contribution in [2.45, 2.75) is 25.7 Å². The fraction of sp³-hybridized carbons (Fsp3) is 0.333. The van der Waals surface area contributed by atoms with Crippen LogP contribution in [-0.2, 0) is 7.05 Å². The molecule has 28 heavy (non-hydrogen) atoms. The largest absolute Gasteiger partial charge is 0.304 e. The minimum absolute atomic E-state index is 0.607. The molecule has 4 heteroatoms. The lowest BCUT2D eigenvalue weighted by Gasteiger charge is -2.31. The fourth-order valence-electron chi connectivity index (χ4n) is 4.53. The highest BCUT2D eigenvalue weighted by molar-refractivity contribution is 5.87. The van der Waals surface area contributed by atoms with Gasteiger partial charge in [-0.1, -0.05) is 37.3 Å². The third kappa shape index (κ3) is 3.08. The van der Waals surface area contributed by atoms with E-state index >= 15 is 0 Å². The Balaban J connectivity index is 1.56. The van der Waals surface area contributed by atoms with Gasteiger partial charge < -0.3 is 4.90 Å². The van der Waals surface area contributed by atoms with E-state index < -0.39 is 0 Å². The molecular formula is C24H26N4. The predicted octanol–water partition coefficient (Wildman–Crippen LogP) is 4.99. The van der Waals surface area contributed by atoms with E-state index in [1.54, 1.807) is 0 Å². The van der Waals surface area contributed by atoms with E-state index in [-0.39, 0.29) is 0 Å². The lowest BCUT2D eigenvalue weighted by atomic mass is 9.88. The molecule has 0 radical (unpaired) electrons. The minimum atomic E-state index is 0.607. The summed E-state index contributed by atoms with van der Waals surface area (Å²) in [4.78, 5) is 7.68. The quantitative estimate of drug-likeness (QED) is 0.510. The van der Waals surface area contributed by atoms with Gasteiger partial charge in [-0.25, -0.2) is 4.98 Å². The smallest absolute Gasteiger partial charge is 0.0923 e. The topological polar surface area (TPSA) is 34.0 Å². The summed E-state index contributed by atoms with van der Waals surface area (Å²) in [5.41, 5.74) is 5.80. The van der Waals surface area contributed by atoms with E-state index in [2.05, 4.69) is 71.7 Å². The molecule has 0 spiro atoms. The van der Waals surface area contributed by atoms with Crippen LogP contribution in [0.25, 0.3) is 33.1 Å². The molecule has 5 rings (SSSR count). The number of hydrogen-bond donors (Lipinski definition) is 0. The van der Waals surface area contributed by atoms with Crippen LogP contribution in [0.1, 0.15) is 31.2 Å². The number of pyridine rings is 1. The number of hydrogen-bond acceptors (Lipinski definition) is 3. The molecule has 2 aromatic heterocycles. The Bertz CT molecular complexity index is 1140. The van der Waals surface area contributed by atoms with Crippen molar-refractivity contribution >= 4 is 21.8 Å². The SMILES string of the molecule is CCN1CCC(c2cccc3ccc(-c4ccc5nn(C)cc5c4)nc23)CC1. The van der Waals surface area contributed by atoms with Gasteiger partial charge in [0.05, 0.1) is 16.7 Å². The molecule has 1 fully saturated rings. The summed E-state index contributed by atoms with van der Waals surface area (Å²) in [7, 11) is 1.96. The van der Waals surface area contributed by atoms with E-state index in [0.717, 1.165) is 28.7 Å². The van der Waals surface area contributed by atoms with Crippen molar-refractivity contribution in [3.05, 3.63) is 60.3 Å². The van der Waals surface area contributed by atoms with Gasteiger partial charge in [-0.05, 0) is 62.2 Å². The third-order valence-electron chi connectivity index (χ3n) is 6.14. The highest BCUT2D eigenvalue weighted by Crippen LogP contribution is 2.33. The van der Waals surface area contributed by atoms with Gasteiger partial charge in [-0.2, -0.15) is 5.10 Å². The van der Waals surface area contributed by atoms with Gasteiger partial charge >= 0.3 is 0 Å². The van der Waals surface area contributed by atoms with Gasteiger partial charge in [0.1, 0.15) is 0 Å². The van der Waals surface area contributed by atoms with Crippen molar-refractivity contribution < 1.29 is 0 Å². The van der Waals surface area contributed by atoms with Crippen LogP contribution in [0.15, 0.2) is 54.7 Å². The van der Waals surface area contributed by atoms with Gasteiger partial charge in [0.15, 0.2) is 0 Å². The molecule has 1 aliphatic rings. The van der Waals surface area contributed by atoms with Crippen LogP contribution in [0.2, 0.25) is 0 Å². The minimum Gasteiger partial charge on any atom is -0.304 e. The summed E-state index contributed by atoms with van der Waals surface area (Å²) in [6.07, 6.45) is 4.51. The number of likely N-dealkylation sites (tertiary alicyclic amines) is 1. The standard InChI is InChI=1S/C24H26N4/c1-3-28-13-11-17(12-14-28)21-6-4-5-18-7-9-22(25-24(18)21)19-8-10-23-20(15-19)16-27(2)26-23/h4-10,15-17H,3,11-14H2,1-2H3. The first-order chi connectivity index (χ1) is 13.7. The lowest BCUT2D eigenvalue weighted by Crippen LogP contribution is -2.32. The number of aromatic nitrogens is 3.